The number of halogens is 1. The molecule has 0 radical (unpaired) electrons. The van der Waals surface area contributed by atoms with E-state index in [2.05, 4.69) is 21.1 Å². The smallest absolute Gasteiger partial charge is 0.224 e. The van der Waals surface area contributed by atoms with E-state index in [1.807, 2.05) is 17.9 Å². The van der Waals surface area contributed by atoms with E-state index in [4.69, 9.17) is 4.52 Å². The number of hydrogen-bond acceptors (Lipinski definition) is 3. The molecule has 1 amide bonds. The van der Waals surface area contributed by atoms with Crippen LogP contribution in [0.15, 0.2) is 10.6 Å². The van der Waals surface area contributed by atoms with Crippen molar-refractivity contribution in [3.8, 4) is 0 Å². The second kappa shape index (κ2) is 4.99. The molecule has 1 saturated heterocycles. The minimum Gasteiger partial charge on any atom is -0.359 e. The summed E-state index contributed by atoms with van der Waals surface area (Å²) in [6, 6.07) is 2.01. The molecule has 1 fully saturated rings. The first kappa shape index (κ1) is 11.6. The highest BCUT2D eigenvalue weighted by Crippen LogP contribution is 2.32. The summed E-state index contributed by atoms with van der Waals surface area (Å²) in [6.45, 7) is 2.73. The highest BCUT2D eigenvalue weighted by atomic mass is 79.9. The third kappa shape index (κ3) is 2.29. The lowest BCUT2D eigenvalue weighted by atomic mass is 10.1. The van der Waals surface area contributed by atoms with Crippen molar-refractivity contribution in [2.75, 3.05) is 11.9 Å². The van der Waals surface area contributed by atoms with Gasteiger partial charge in [-0.05, 0) is 19.8 Å². The molecule has 4 nitrogen and oxygen atoms in total. The normalized spacial score (nSPS) is 20.4. The van der Waals surface area contributed by atoms with Crippen molar-refractivity contribution in [1.29, 1.82) is 0 Å². The third-order valence-electron chi connectivity index (χ3n) is 2.86. The number of aromatic nitrogens is 1. The Labute approximate surface area is 103 Å². The Morgan fingerprint density at radius 1 is 1.75 bits per heavy atom. The summed E-state index contributed by atoms with van der Waals surface area (Å²) in [6.07, 6.45) is 2.56. The van der Waals surface area contributed by atoms with Gasteiger partial charge in [0.15, 0.2) is 5.76 Å². The molecule has 0 aliphatic carbocycles. The summed E-state index contributed by atoms with van der Waals surface area (Å²) in [5.41, 5.74) is 0.870. The minimum absolute atomic E-state index is 0.0905. The largest absolute Gasteiger partial charge is 0.359 e. The number of likely N-dealkylation sites (tertiary alicyclic amines) is 1. The van der Waals surface area contributed by atoms with E-state index in [1.54, 1.807) is 0 Å². The van der Waals surface area contributed by atoms with E-state index in [1.165, 1.54) is 0 Å². The number of alkyl halides is 1. The molecule has 2 rings (SSSR count). The van der Waals surface area contributed by atoms with Crippen molar-refractivity contribution >= 4 is 21.8 Å². The van der Waals surface area contributed by atoms with E-state index in [0.717, 1.165) is 30.8 Å². The van der Waals surface area contributed by atoms with Gasteiger partial charge in [-0.3, -0.25) is 4.79 Å². The van der Waals surface area contributed by atoms with Crippen molar-refractivity contribution in [1.82, 2.24) is 10.1 Å². The molecule has 5 heteroatoms. The van der Waals surface area contributed by atoms with Gasteiger partial charge in [-0.15, -0.1) is 0 Å². The van der Waals surface area contributed by atoms with Crippen LogP contribution in [0.3, 0.4) is 0 Å². The van der Waals surface area contributed by atoms with Gasteiger partial charge < -0.3 is 9.42 Å². The fraction of sp³-hybridized carbons (Fsp3) is 0.636. The summed E-state index contributed by atoms with van der Waals surface area (Å²) in [7, 11) is 0. The van der Waals surface area contributed by atoms with Crippen LogP contribution in [0.2, 0.25) is 0 Å². The predicted molar refractivity (Wildman–Crippen MR) is 63.3 cm³/mol. The second-order valence-electron chi connectivity index (χ2n) is 4.05. The summed E-state index contributed by atoms with van der Waals surface area (Å²) < 4.78 is 5.25. The quantitative estimate of drug-likeness (QED) is 0.802. The van der Waals surface area contributed by atoms with Gasteiger partial charge in [0.2, 0.25) is 5.91 Å². The molecule has 1 aliphatic rings. The van der Waals surface area contributed by atoms with Gasteiger partial charge in [0, 0.05) is 24.4 Å². The number of carbonyl (C=O) groups is 1. The van der Waals surface area contributed by atoms with Crippen LogP contribution < -0.4 is 0 Å². The Balaban J connectivity index is 2.11. The Bertz CT molecular complexity index is 378. The predicted octanol–water partition coefficient (Wildman–Crippen LogP) is 2.43. The van der Waals surface area contributed by atoms with Crippen molar-refractivity contribution in [3.63, 3.8) is 0 Å². The maximum Gasteiger partial charge on any atom is 0.224 e. The van der Waals surface area contributed by atoms with E-state index >= 15 is 0 Å². The molecule has 0 N–H and O–H groups in total. The number of carbonyl (C=O) groups excluding carboxylic acids is 1. The Kier molecular flexibility index (Phi) is 3.63. The Morgan fingerprint density at radius 2 is 2.56 bits per heavy atom. The minimum atomic E-state index is 0.0905. The SMILES string of the molecule is Cc1cc(C2CCCN2C(=O)CCBr)on1. The van der Waals surface area contributed by atoms with Crippen LogP contribution in [0.1, 0.15) is 36.8 Å². The average molecular weight is 287 g/mol. The van der Waals surface area contributed by atoms with E-state index in [9.17, 15) is 4.79 Å². The molecule has 0 bridgehead atoms. The van der Waals surface area contributed by atoms with Crippen LogP contribution in [-0.4, -0.2) is 27.8 Å². The van der Waals surface area contributed by atoms with E-state index in [-0.39, 0.29) is 11.9 Å². The summed E-state index contributed by atoms with van der Waals surface area (Å²) in [5, 5.41) is 4.59. The standard InChI is InChI=1S/C11H15BrN2O2/c1-8-7-10(16-13-8)9-3-2-6-14(9)11(15)4-5-12/h7,9H,2-6H2,1H3. The van der Waals surface area contributed by atoms with Gasteiger partial charge >= 0.3 is 0 Å². The topological polar surface area (TPSA) is 46.3 Å². The Hall–Kier alpha value is -0.840. The van der Waals surface area contributed by atoms with Crippen LogP contribution in [0.25, 0.3) is 0 Å². The third-order valence-corrected chi connectivity index (χ3v) is 3.25. The molecule has 1 aromatic heterocycles. The highest BCUT2D eigenvalue weighted by Gasteiger charge is 2.31. The first-order chi connectivity index (χ1) is 7.72. The molecule has 16 heavy (non-hydrogen) atoms. The van der Waals surface area contributed by atoms with Gasteiger partial charge in [-0.25, -0.2) is 0 Å². The molecule has 0 aromatic carbocycles. The number of nitrogens with zero attached hydrogens (tertiary/aromatic N) is 2. The van der Waals surface area contributed by atoms with Crippen molar-refractivity contribution in [3.05, 3.63) is 17.5 Å². The van der Waals surface area contributed by atoms with E-state index < -0.39 is 0 Å². The van der Waals surface area contributed by atoms with Gasteiger partial charge in [0.05, 0.1) is 11.7 Å². The lowest BCUT2D eigenvalue weighted by molar-refractivity contribution is -0.132. The van der Waals surface area contributed by atoms with E-state index in [0.29, 0.717) is 11.8 Å². The molecule has 2 heterocycles. The average Bonchev–Trinajstić information content (AvgIpc) is 2.85. The number of aryl methyl sites for hydroxylation is 1. The molecular weight excluding hydrogens is 272 g/mol. The van der Waals surface area contributed by atoms with Crippen molar-refractivity contribution in [2.45, 2.75) is 32.2 Å². The second-order valence-corrected chi connectivity index (χ2v) is 4.85. The van der Waals surface area contributed by atoms with Crippen molar-refractivity contribution < 1.29 is 9.32 Å². The van der Waals surface area contributed by atoms with Crippen LogP contribution in [-0.2, 0) is 4.79 Å². The summed E-state index contributed by atoms with van der Waals surface area (Å²) in [5.74, 6) is 1.01. The number of amides is 1. The van der Waals surface area contributed by atoms with Gasteiger partial charge in [0.1, 0.15) is 0 Å². The van der Waals surface area contributed by atoms with Crippen LogP contribution in [0.4, 0.5) is 0 Å². The zero-order chi connectivity index (χ0) is 11.5. The lowest BCUT2D eigenvalue weighted by Crippen LogP contribution is -2.30. The highest BCUT2D eigenvalue weighted by molar-refractivity contribution is 9.09. The summed E-state index contributed by atoms with van der Waals surface area (Å²) >= 11 is 3.29. The first-order valence-electron chi connectivity index (χ1n) is 5.51. The maximum atomic E-state index is 11.9. The Morgan fingerprint density at radius 3 is 3.19 bits per heavy atom. The first-order valence-corrected chi connectivity index (χ1v) is 6.63. The molecular formula is C11H15BrN2O2. The monoisotopic (exact) mass is 286 g/mol. The van der Waals surface area contributed by atoms with Crippen molar-refractivity contribution in [2.24, 2.45) is 0 Å². The molecule has 1 aliphatic heterocycles. The fourth-order valence-electron chi connectivity index (χ4n) is 2.13. The number of rotatable bonds is 3. The fourth-order valence-corrected chi connectivity index (χ4v) is 2.46. The van der Waals surface area contributed by atoms with Gasteiger partial charge in [-0.1, -0.05) is 21.1 Å². The van der Waals surface area contributed by atoms with Crippen LogP contribution in [0, 0.1) is 6.92 Å². The zero-order valence-electron chi connectivity index (χ0n) is 9.28. The molecule has 1 aromatic rings. The van der Waals surface area contributed by atoms with Crippen LogP contribution >= 0.6 is 15.9 Å². The molecule has 1 atom stereocenters. The van der Waals surface area contributed by atoms with Gasteiger partial charge in [0.25, 0.3) is 0 Å². The van der Waals surface area contributed by atoms with Gasteiger partial charge in [-0.2, -0.15) is 0 Å². The molecule has 0 saturated carbocycles. The number of hydrogen-bond donors (Lipinski definition) is 0. The maximum absolute atomic E-state index is 11.9. The molecule has 1 unspecified atom stereocenters. The lowest BCUT2D eigenvalue weighted by Gasteiger charge is -2.22. The zero-order valence-corrected chi connectivity index (χ0v) is 10.9. The van der Waals surface area contributed by atoms with Crippen LogP contribution in [0.5, 0.6) is 0 Å². The summed E-state index contributed by atoms with van der Waals surface area (Å²) in [4.78, 5) is 13.8. The molecule has 88 valence electrons. The molecule has 0 spiro atoms.